The molecule has 2 aromatic heterocycles. The maximum atomic E-state index is 12.4. The Labute approximate surface area is 159 Å². The molecule has 0 radical (unpaired) electrons. The Morgan fingerprint density at radius 2 is 2.27 bits per heavy atom. The quantitative estimate of drug-likeness (QED) is 0.620. The summed E-state index contributed by atoms with van der Waals surface area (Å²) in [4.78, 5) is 22.6. The van der Waals surface area contributed by atoms with Crippen molar-refractivity contribution in [3.05, 3.63) is 47.7 Å². The molecule has 1 aliphatic rings. The van der Waals surface area contributed by atoms with E-state index in [4.69, 9.17) is 20.8 Å². The number of para-hydroxylation sites is 2. The number of hydrogen-bond donors (Lipinski definition) is 0. The minimum atomic E-state index is -0.0619. The lowest BCUT2D eigenvalue weighted by Gasteiger charge is -2.17. The number of rotatable bonds is 5. The number of carbonyl (C=O) groups excluding carboxylic acids is 1. The second-order valence-electron chi connectivity index (χ2n) is 5.91. The summed E-state index contributed by atoms with van der Waals surface area (Å²) in [5, 5.41) is 0.985. The Morgan fingerprint density at radius 1 is 1.38 bits per heavy atom. The van der Waals surface area contributed by atoms with Crippen molar-refractivity contribution < 1.29 is 13.9 Å². The first-order valence-electron chi connectivity index (χ1n) is 8.21. The Bertz CT molecular complexity index is 900. The summed E-state index contributed by atoms with van der Waals surface area (Å²) in [6.07, 6.45) is 3.90. The molecule has 1 saturated heterocycles. The third kappa shape index (κ3) is 3.78. The van der Waals surface area contributed by atoms with E-state index in [0.717, 1.165) is 17.5 Å². The van der Waals surface area contributed by atoms with Gasteiger partial charge in [-0.3, -0.25) is 9.78 Å². The van der Waals surface area contributed by atoms with Crippen molar-refractivity contribution >= 4 is 40.4 Å². The second-order valence-corrected chi connectivity index (χ2v) is 7.24. The fraction of sp³-hybridized carbons (Fsp3) is 0.278. The molecular weight excluding hydrogens is 374 g/mol. The van der Waals surface area contributed by atoms with Crippen molar-refractivity contribution in [2.75, 3.05) is 18.8 Å². The van der Waals surface area contributed by atoms with Crippen molar-refractivity contribution in [1.82, 2.24) is 14.9 Å². The van der Waals surface area contributed by atoms with E-state index >= 15 is 0 Å². The van der Waals surface area contributed by atoms with Gasteiger partial charge < -0.3 is 14.1 Å². The van der Waals surface area contributed by atoms with Gasteiger partial charge in [-0.1, -0.05) is 35.5 Å². The summed E-state index contributed by atoms with van der Waals surface area (Å²) in [6, 6.07) is 9.28. The van der Waals surface area contributed by atoms with Crippen LogP contribution in [0.2, 0.25) is 5.02 Å². The molecule has 26 heavy (non-hydrogen) atoms. The normalized spacial score (nSPS) is 17.0. The van der Waals surface area contributed by atoms with Gasteiger partial charge in [0.15, 0.2) is 5.58 Å². The van der Waals surface area contributed by atoms with Crippen molar-refractivity contribution in [2.45, 2.75) is 17.7 Å². The number of pyridine rings is 1. The van der Waals surface area contributed by atoms with E-state index in [1.54, 1.807) is 23.4 Å². The first-order valence-corrected chi connectivity index (χ1v) is 9.58. The maximum Gasteiger partial charge on any atom is 0.257 e. The largest absolute Gasteiger partial charge is 0.487 e. The smallest absolute Gasteiger partial charge is 0.257 e. The number of nitrogens with zero attached hydrogens (tertiary/aromatic N) is 3. The van der Waals surface area contributed by atoms with Crippen LogP contribution in [0.5, 0.6) is 5.75 Å². The van der Waals surface area contributed by atoms with Gasteiger partial charge in [0.05, 0.1) is 12.3 Å². The first kappa shape index (κ1) is 17.2. The van der Waals surface area contributed by atoms with Crippen molar-refractivity contribution in [2.24, 2.45) is 0 Å². The van der Waals surface area contributed by atoms with Gasteiger partial charge in [0.1, 0.15) is 22.4 Å². The monoisotopic (exact) mass is 389 g/mol. The van der Waals surface area contributed by atoms with Gasteiger partial charge in [-0.05, 0) is 12.1 Å². The van der Waals surface area contributed by atoms with Crippen LogP contribution < -0.4 is 4.74 Å². The topological polar surface area (TPSA) is 68.5 Å². The predicted octanol–water partition coefficient (Wildman–Crippen LogP) is 3.65. The first-order chi connectivity index (χ1) is 12.7. The van der Waals surface area contributed by atoms with Crippen LogP contribution in [0, 0.1) is 0 Å². The third-order valence-electron chi connectivity index (χ3n) is 4.12. The Balaban J connectivity index is 1.31. The lowest BCUT2D eigenvalue weighted by Crippen LogP contribution is -2.32. The molecule has 1 unspecified atom stereocenters. The Morgan fingerprint density at radius 3 is 3.12 bits per heavy atom. The van der Waals surface area contributed by atoms with Crippen LogP contribution in [0.4, 0.5) is 0 Å². The van der Waals surface area contributed by atoms with Gasteiger partial charge >= 0.3 is 0 Å². The molecule has 0 saturated carbocycles. The molecule has 3 aromatic rings. The zero-order valence-corrected chi connectivity index (χ0v) is 15.4. The average Bonchev–Trinajstić information content (AvgIpc) is 3.28. The van der Waals surface area contributed by atoms with E-state index in [1.807, 2.05) is 24.3 Å². The predicted molar refractivity (Wildman–Crippen MR) is 99.6 cm³/mol. The van der Waals surface area contributed by atoms with Crippen molar-refractivity contribution in [3.63, 3.8) is 0 Å². The van der Waals surface area contributed by atoms with Gasteiger partial charge in [0.2, 0.25) is 5.91 Å². The van der Waals surface area contributed by atoms with E-state index in [-0.39, 0.29) is 17.8 Å². The van der Waals surface area contributed by atoms with Crippen LogP contribution in [-0.4, -0.2) is 45.7 Å². The summed E-state index contributed by atoms with van der Waals surface area (Å²) in [7, 11) is 0. The molecule has 1 atom stereocenters. The standard InChI is InChI=1S/C18H16ClN3O3S/c19-13-9-20-7-5-15(13)24-12-6-8-22(10-12)17(23)11-26-18-21-14-3-1-2-4-16(14)25-18/h1-5,7,9,12H,6,8,10-11H2. The number of aromatic nitrogens is 2. The third-order valence-corrected chi connectivity index (χ3v) is 5.22. The van der Waals surface area contributed by atoms with E-state index in [2.05, 4.69) is 9.97 Å². The summed E-state index contributed by atoms with van der Waals surface area (Å²) >= 11 is 7.37. The lowest BCUT2D eigenvalue weighted by atomic mass is 10.3. The number of carbonyl (C=O) groups is 1. The van der Waals surface area contributed by atoms with E-state index < -0.39 is 0 Å². The number of halogens is 1. The van der Waals surface area contributed by atoms with Crippen LogP contribution >= 0.6 is 23.4 Å². The van der Waals surface area contributed by atoms with Crippen molar-refractivity contribution in [3.8, 4) is 5.75 Å². The molecule has 8 heteroatoms. The fourth-order valence-corrected chi connectivity index (χ4v) is 3.72. The Kier molecular flexibility index (Phi) is 4.99. The zero-order chi connectivity index (χ0) is 17.9. The minimum Gasteiger partial charge on any atom is -0.487 e. The summed E-state index contributed by atoms with van der Waals surface area (Å²) in [5.74, 6) is 0.932. The number of ether oxygens (including phenoxy) is 1. The van der Waals surface area contributed by atoms with E-state index in [0.29, 0.717) is 29.1 Å². The number of oxazole rings is 1. The van der Waals surface area contributed by atoms with E-state index in [9.17, 15) is 4.79 Å². The van der Waals surface area contributed by atoms with Crippen LogP contribution in [0.25, 0.3) is 11.1 Å². The Hall–Kier alpha value is -2.25. The lowest BCUT2D eigenvalue weighted by molar-refractivity contribution is -0.127. The molecular formula is C18H16ClN3O3S. The summed E-state index contributed by atoms with van der Waals surface area (Å²) < 4.78 is 11.5. The van der Waals surface area contributed by atoms with Crippen LogP contribution in [0.1, 0.15) is 6.42 Å². The molecule has 4 rings (SSSR count). The van der Waals surface area contributed by atoms with Crippen molar-refractivity contribution in [1.29, 1.82) is 0 Å². The molecule has 1 aromatic carbocycles. The molecule has 3 heterocycles. The fourth-order valence-electron chi connectivity index (χ4n) is 2.82. The number of benzene rings is 1. The number of amides is 1. The summed E-state index contributed by atoms with van der Waals surface area (Å²) in [5.41, 5.74) is 1.53. The minimum absolute atomic E-state index is 0.0455. The van der Waals surface area contributed by atoms with Gasteiger partial charge in [-0.15, -0.1) is 0 Å². The van der Waals surface area contributed by atoms with Crippen LogP contribution in [0.15, 0.2) is 52.4 Å². The highest BCUT2D eigenvalue weighted by atomic mass is 35.5. The molecule has 0 bridgehead atoms. The SMILES string of the molecule is O=C(CSc1nc2ccccc2o1)N1CCC(Oc2ccncc2Cl)C1. The number of likely N-dealkylation sites (tertiary alicyclic amines) is 1. The van der Waals surface area contributed by atoms with Crippen LogP contribution in [0.3, 0.4) is 0 Å². The zero-order valence-electron chi connectivity index (χ0n) is 13.8. The van der Waals surface area contributed by atoms with Gasteiger partial charge in [-0.25, -0.2) is 4.98 Å². The highest BCUT2D eigenvalue weighted by Gasteiger charge is 2.28. The number of hydrogen-bond acceptors (Lipinski definition) is 6. The number of fused-ring (bicyclic) bond motifs is 1. The summed E-state index contributed by atoms with van der Waals surface area (Å²) in [6.45, 7) is 1.21. The molecule has 0 aliphatic carbocycles. The molecule has 1 fully saturated rings. The molecule has 0 N–H and O–H groups in total. The number of thioether (sulfide) groups is 1. The molecule has 1 aliphatic heterocycles. The van der Waals surface area contributed by atoms with Crippen LogP contribution in [-0.2, 0) is 4.79 Å². The van der Waals surface area contributed by atoms with Gasteiger partial charge in [0, 0.05) is 31.4 Å². The second kappa shape index (κ2) is 7.55. The maximum absolute atomic E-state index is 12.4. The molecule has 134 valence electrons. The molecule has 1 amide bonds. The highest BCUT2D eigenvalue weighted by molar-refractivity contribution is 7.99. The van der Waals surface area contributed by atoms with Gasteiger partial charge in [-0.2, -0.15) is 0 Å². The molecule has 6 nitrogen and oxygen atoms in total. The van der Waals surface area contributed by atoms with E-state index in [1.165, 1.54) is 11.8 Å². The van der Waals surface area contributed by atoms with Gasteiger partial charge in [0.25, 0.3) is 5.22 Å². The molecule has 0 spiro atoms. The highest BCUT2D eigenvalue weighted by Crippen LogP contribution is 2.27. The average molecular weight is 390 g/mol.